The largest absolute Gasteiger partial charge is 0.381 e. The summed E-state index contributed by atoms with van der Waals surface area (Å²) in [7, 11) is 0. The summed E-state index contributed by atoms with van der Waals surface area (Å²) in [6.45, 7) is 4.04. The molecule has 7 nitrogen and oxygen atoms in total. The highest BCUT2D eigenvalue weighted by molar-refractivity contribution is 5.94. The quantitative estimate of drug-likeness (QED) is 0.710. The van der Waals surface area contributed by atoms with Crippen LogP contribution in [0.3, 0.4) is 0 Å². The third-order valence-electron chi connectivity index (χ3n) is 4.96. The molecular weight excluding hydrogens is 332 g/mol. The van der Waals surface area contributed by atoms with Gasteiger partial charge >= 0.3 is 0 Å². The van der Waals surface area contributed by atoms with Gasteiger partial charge in [0.15, 0.2) is 5.82 Å². The molecule has 3 heterocycles. The van der Waals surface area contributed by atoms with E-state index in [9.17, 15) is 4.79 Å². The van der Waals surface area contributed by atoms with Crippen LogP contribution < -0.4 is 0 Å². The van der Waals surface area contributed by atoms with Crippen molar-refractivity contribution in [1.29, 1.82) is 0 Å². The predicted octanol–water partition coefficient (Wildman–Crippen LogP) is 2.72. The lowest BCUT2D eigenvalue weighted by Gasteiger charge is -2.21. The SMILES string of the molecule is Cc1ccc(C(=O)N2CCCC2c2nc(CCOCC3CC3)no2)cn1. The van der Waals surface area contributed by atoms with E-state index in [4.69, 9.17) is 9.26 Å². The van der Waals surface area contributed by atoms with Crippen LogP contribution in [-0.4, -0.2) is 45.7 Å². The van der Waals surface area contributed by atoms with Gasteiger partial charge in [0.05, 0.1) is 12.2 Å². The molecule has 7 heteroatoms. The van der Waals surface area contributed by atoms with Crippen molar-refractivity contribution in [3.63, 3.8) is 0 Å². The van der Waals surface area contributed by atoms with Gasteiger partial charge in [-0.3, -0.25) is 9.78 Å². The number of aryl methyl sites for hydroxylation is 1. The van der Waals surface area contributed by atoms with Crippen molar-refractivity contribution >= 4 is 5.91 Å². The molecule has 2 aliphatic rings. The molecule has 0 radical (unpaired) electrons. The molecule has 2 aromatic rings. The molecule has 1 saturated carbocycles. The number of amides is 1. The zero-order chi connectivity index (χ0) is 17.9. The highest BCUT2D eigenvalue weighted by Gasteiger charge is 2.34. The predicted molar refractivity (Wildman–Crippen MR) is 93.5 cm³/mol. The number of carbonyl (C=O) groups is 1. The topological polar surface area (TPSA) is 81.4 Å². The van der Waals surface area contributed by atoms with E-state index >= 15 is 0 Å². The van der Waals surface area contributed by atoms with Gasteiger partial charge in [0.1, 0.15) is 6.04 Å². The Morgan fingerprint density at radius 1 is 1.35 bits per heavy atom. The molecule has 1 amide bonds. The lowest BCUT2D eigenvalue weighted by atomic mass is 10.2. The van der Waals surface area contributed by atoms with Crippen LogP contribution >= 0.6 is 0 Å². The molecule has 138 valence electrons. The van der Waals surface area contributed by atoms with Gasteiger partial charge in [-0.2, -0.15) is 4.98 Å². The first-order valence-corrected chi connectivity index (χ1v) is 9.34. The van der Waals surface area contributed by atoms with Crippen LogP contribution in [0.4, 0.5) is 0 Å². The number of ether oxygens (including phenoxy) is 1. The third kappa shape index (κ3) is 3.93. The van der Waals surface area contributed by atoms with Crippen molar-refractivity contribution in [2.75, 3.05) is 19.8 Å². The first-order chi connectivity index (χ1) is 12.7. The summed E-state index contributed by atoms with van der Waals surface area (Å²) in [6.07, 6.45) is 6.60. The molecule has 1 aliphatic heterocycles. The van der Waals surface area contributed by atoms with Gasteiger partial charge in [-0.25, -0.2) is 0 Å². The van der Waals surface area contributed by atoms with E-state index in [1.165, 1.54) is 12.8 Å². The molecule has 0 bridgehead atoms. The number of hydrogen-bond acceptors (Lipinski definition) is 6. The van der Waals surface area contributed by atoms with E-state index in [2.05, 4.69) is 15.1 Å². The monoisotopic (exact) mass is 356 g/mol. The summed E-state index contributed by atoms with van der Waals surface area (Å²) in [5.41, 5.74) is 1.49. The van der Waals surface area contributed by atoms with Gasteiger partial charge in [0.2, 0.25) is 5.89 Å². The molecule has 0 aromatic carbocycles. The molecule has 4 rings (SSSR count). The van der Waals surface area contributed by atoms with Crippen LogP contribution in [0.25, 0.3) is 0 Å². The van der Waals surface area contributed by atoms with Crippen molar-refractivity contribution in [3.8, 4) is 0 Å². The van der Waals surface area contributed by atoms with Crippen molar-refractivity contribution < 1.29 is 14.1 Å². The second kappa shape index (κ2) is 7.53. The summed E-state index contributed by atoms with van der Waals surface area (Å²) in [4.78, 5) is 23.3. The molecule has 2 fully saturated rings. The zero-order valence-electron chi connectivity index (χ0n) is 15.1. The molecular formula is C19H24N4O3. The summed E-state index contributed by atoms with van der Waals surface area (Å²) in [5, 5.41) is 4.05. The fraction of sp³-hybridized carbons (Fsp3) is 0.579. The Morgan fingerprint density at radius 2 is 2.23 bits per heavy atom. The minimum absolute atomic E-state index is 0.0347. The smallest absolute Gasteiger partial charge is 0.256 e. The first-order valence-electron chi connectivity index (χ1n) is 9.34. The fourth-order valence-corrected chi connectivity index (χ4v) is 3.23. The maximum Gasteiger partial charge on any atom is 0.256 e. The molecule has 0 N–H and O–H groups in total. The summed E-state index contributed by atoms with van der Waals surface area (Å²) < 4.78 is 11.1. The van der Waals surface area contributed by atoms with Gasteiger partial charge in [0, 0.05) is 31.5 Å². The van der Waals surface area contributed by atoms with Gasteiger partial charge in [-0.1, -0.05) is 5.16 Å². The normalized spacial score (nSPS) is 19.9. The summed E-state index contributed by atoms with van der Waals surface area (Å²) in [6, 6.07) is 3.51. The molecule has 2 aromatic heterocycles. The van der Waals surface area contributed by atoms with Gasteiger partial charge in [-0.05, 0) is 50.7 Å². The molecule has 1 aliphatic carbocycles. The molecule has 0 spiro atoms. The molecule has 26 heavy (non-hydrogen) atoms. The number of hydrogen-bond donors (Lipinski definition) is 0. The van der Waals surface area contributed by atoms with Crippen molar-refractivity contribution in [3.05, 3.63) is 41.3 Å². The van der Waals surface area contributed by atoms with E-state index in [0.717, 1.165) is 31.1 Å². The Labute approximate surface area is 152 Å². The van der Waals surface area contributed by atoms with E-state index in [0.29, 0.717) is 36.9 Å². The van der Waals surface area contributed by atoms with E-state index in [1.54, 1.807) is 6.20 Å². The van der Waals surface area contributed by atoms with E-state index in [-0.39, 0.29) is 11.9 Å². The van der Waals surface area contributed by atoms with Crippen LogP contribution in [-0.2, 0) is 11.2 Å². The van der Waals surface area contributed by atoms with Gasteiger partial charge in [0.25, 0.3) is 5.91 Å². The Morgan fingerprint density at radius 3 is 3.00 bits per heavy atom. The summed E-state index contributed by atoms with van der Waals surface area (Å²) >= 11 is 0. The molecule has 1 saturated heterocycles. The second-order valence-electron chi connectivity index (χ2n) is 7.16. The lowest BCUT2D eigenvalue weighted by molar-refractivity contribution is 0.0709. The number of pyridine rings is 1. The Balaban J connectivity index is 1.38. The van der Waals surface area contributed by atoms with Crippen LogP contribution in [0.1, 0.15) is 59.5 Å². The lowest BCUT2D eigenvalue weighted by Crippen LogP contribution is -2.30. The molecule has 1 atom stereocenters. The van der Waals surface area contributed by atoms with Gasteiger partial charge in [-0.15, -0.1) is 0 Å². The number of likely N-dealkylation sites (tertiary alicyclic amines) is 1. The number of rotatable bonds is 7. The standard InChI is InChI=1S/C19H24N4O3/c1-13-4-7-15(11-20-13)19(24)23-9-2-3-16(23)18-21-17(22-26-18)8-10-25-12-14-5-6-14/h4,7,11,14,16H,2-3,5-6,8-10,12H2,1H3. The fourth-order valence-electron chi connectivity index (χ4n) is 3.23. The van der Waals surface area contributed by atoms with Crippen molar-refractivity contribution in [2.45, 2.75) is 45.1 Å². The number of nitrogens with zero attached hydrogens (tertiary/aromatic N) is 4. The average Bonchev–Trinajstić information content (AvgIpc) is 3.15. The second-order valence-corrected chi connectivity index (χ2v) is 7.16. The van der Waals surface area contributed by atoms with Gasteiger partial charge < -0.3 is 14.2 Å². The number of aromatic nitrogens is 3. The maximum absolute atomic E-state index is 12.8. The average molecular weight is 356 g/mol. The number of carbonyl (C=O) groups excluding carboxylic acids is 1. The van der Waals surface area contributed by atoms with E-state index < -0.39 is 0 Å². The molecule has 1 unspecified atom stereocenters. The third-order valence-corrected chi connectivity index (χ3v) is 4.96. The highest BCUT2D eigenvalue weighted by atomic mass is 16.5. The van der Waals surface area contributed by atoms with E-state index in [1.807, 2.05) is 24.0 Å². The van der Waals surface area contributed by atoms with Crippen LogP contribution in [0.2, 0.25) is 0 Å². The first kappa shape index (κ1) is 17.1. The summed E-state index contributed by atoms with van der Waals surface area (Å²) in [5.74, 6) is 1.89. The Kier molecular flexibility index (Phi) is 4.97. The van der Waals surface area contributed by atoms with Crippen LogP contribution in [0.5, 0.6) is 0 Å². The van der Waals surface area contributed by atoms with Crippen molar-refractivity contribution in [2.24, 2.45) is 5.92 Å². The highest BCUT2D eigenvalue weighted by Crippen LogP contribution is 2.32. The van der Waals surface area contributed by atoms with Crippen LogP contribution in [0.15, 0.2) is 22.9 Å². The van der Waals surface area contributed by atoms with Crippen LogP contribution in [0, 0.1) is 12.8 Å². The van der Waals surface area contributed by atoms with Crippen molar-refractivity contribution in [1.82, 2.24) is 20.0 Å². The Hall–Kier alpha value is -2.28. The maximum atomic E-state index is 12.8. The zero-order valence-corrected chi connectivity index (χ0v) is 15.1. The minimum Gasteiger partial charge on any atom is -0.381 e. The Bertz CT molecular complexity index is 754. The minimum atomic E-state index is -0.155.